The smallest absolute Gasteiger partial charge is 0.265 e. The summed E-state index contributed by atoms with van der Waals surface area (Å²) in [6.07, 6.45) is 1.36. The lowest BCUT2D eigenvalue weighted by Crippen LogP contribution is -2.34. The maximum Gasteiger partial charge on any atom is 0.265 e. The fourth-order valence-electron chi connectivity index (χ4n) is 1.94. The van der Waals surface area contributed by atoms with Gasteiger partial charge in [0, 0.05) is 6.42 Å². The average Bonchev–Trinajstić information content (AvgIpc) is 2.40. The second-order valence-electron chi connectivity index (χ2n) is 4.50. The van der Waals surface area contributed by atoms with Crippen LogP contribution in [-0.2, 0) is 16.0 Å². The molecule has 1 unspecified atom stereocenters. The molecule has 6 nitrogen and oxygen atoms in total. The number of anilines is 1. The molecule has 0 spiro atoms. The number of benzene rings is 1. The quantitative estimate of drug-likeness (QED) is 0.424. The number of hydrogen-bond donors (Lipinski definition) is 3. The first kappa shape index (κ1) is 13.4. The number of aryl methyl sites for hydroxylation is 1. The number of amides is 2. The van der Waals surface area contributed by atoms with Crippen molar-refractivity contribution in [2.75, 3.05) is 5.32 Å². The molecule has 0 fully saturated rings. The molecule has 1 aromatic carbocycles. The number of rotatable bonds is 4. The van der Waals surface area contributed by atoms with Crippen LogP contribution in [0.25, 0.3) is 0 Å². The molecular formula is C13H17N3O3. The van der Waals surface area contributed by atoms with Crippen molar-refractivity contribution in [3.8, 4) is 5.75 Å². The molecule has 1 atom stereocenters. The summed E-state index contributed by atoms with van der Waals surface area (Å²) in [5, 5.41) is 2.80. The predicted octanol–water partition coefficient (Wildman–Crippen LogP) is 0.719. The highest BCUT2D eigenvalue weighted by atomic mass is 16.5. The van der Waals surface area contributed by atoms with Crippen molar-refractivity contribution in [2.24, 2.45) is 5.84 Å². The van der Waals surface area contributed by atoms with Crippen LogP contribution >= 0.6 is 0 Å². The summed E-state index contributed by atoms with van der Waals surface area (Å²) in [5.74, 6) is 5.36. The molecule has 4 N–H and O–H groups in total. The van der Waals surface area contributed by atoms with E-state index in [1.165, 1.54) is 0 Å². The van der Waals surface area contributed by atoms with Gasteiger partial charge in [-0.2, -0.15) is 0 Å². The molecule has 102 valence electrons. The second-order valence-corrected chi connectivity index (χ2v) is 4.50. The average molecular weight is 263 g/mol. The van der Waals surface area contributed by atoms with E-state index in [0.717, 1.165) is 12.0 Å². The highest BCUT2D eigenvalue weighted by molar-refractivity contribution is 5.97. The van der Waals surface area contributed by atoms with E-state index < -0.39 is 6.10 Å². The van der Waals surface area contributed by atoms with Crippen molar-refractivity contribution >= 4 is 17.5 Å². The Labute approximate surface area is 111 Å². The number of hydrogen-bond acceptors (Lipinski definition) is 4. The van der Waals surface area contributed by atoms with E-state index in [-0.39, 0.29) is 11.8 Å². The van der Waals surface area contributed by atoms with E-state index in [1.54, 1.807) is 6.92 Å². The maximum atomic E-state index is 11.5. The van der Waals surface area contributed by atoms with Crippen molar-refractivity contribution in [3.63, 3.8) is 0 Å². The Bertz CT molecular complexity index is 502. The number of ether oxygens (including phenoxy) is 1. The van der Waals surface area contributed by atoms with Gasteiger partial charge in [-0.05, 0) is 37.5 Å². The lowest BCUT2D eigenvalue weighted by atomic mass is 10.1. The van der Waals surface area contributed by atoms with Crippen molar-refractivity contribution < 1.29 is 14.3 Å². The summed E-state index contributed by atoms with van der Waals surface area (Å²) < 4.78 is 5.47. The van der Waals surface area contributed by atoms with Gasteiger partial charge in [0.05, 0.1) is 5.69 Å². The Kier molecular flexibility index (Phi) is 4.01. The molecule has 0 saturated heterocycles. The molecule has 6 heteroatoms. The van der Waals surface area contributed by atoms with Crippen LogP contribution in [0.4, 0.5) is 5.69 Å². The third-order valence-electron chi connectivity index (χ3n) is 3.01. The van der Waals surface area contributed by atoms with Gasteiger partial charge in [0.25, 0.3) is 5.91 Å². The summed E-state index contributed by atoms with van der Waals surface area (Å²) in [4.78, 5) is 22.5. The van der Waals surface area contributed by atoms with Crippen molar-refractivity contribution in [2.45, 2.75) is 32.3 Å². The molecule has 0 saturated carbocycles. The summed E-state index contributed by atoms with van der Waals surface area (Å²) >= 11 is 0. The van der Waals surface area contributed by atoms with Gasteiger partial charge >= 0.3 is 0 Å². The zero-order valence-corrected chi connectivity index (χ0v) is 10.7. The molecule has 0 aromatic heterocycles. The topological polar surface area (TPSA) is 93.4 Å². The normalized spacial score (nSPS) is 17.2. The molecule has 1 aromatic rings. The Morgan fingerprint density at radius 1 is 1.53 bits per heavy atom. The first-order chi connectivity index (χ1) is 9.10. The van der Waals surface area contributed by atoms with Crippen LogP contribution in [0.15, 0.2) is 18.2 Å². The third-order valence-corrected chi connectivity index (χ3v) is 3.01. The van der Waals surface area contributed by atoms with Gasteiger partial charge in [-0.15, -0.1) is 0 Å². The van der Waals surface area contributed by atoms with Gasteiger partial charge in [0.15, 0.2) is 6.10 Å². The van der Waals surface area contributed by atoms with E-state index in [2.05, 4.69) is 10.7 Å². The molecule has 0 radical (unpaired) electrons. The fourth-order valence-corrected chi connectivity index (χ4v) is 1.94. The molecule has 19 heavy (non-hydrogen) atoms. The largest absolute Gasteiger partial charge is 0.479 e. The molecule has 1 heterocycles. The number of fused-ring (bicyclic) bond motifs is 1. The highest BCUT2D eigenvalue weighted by Gasteiger charge is 2.23. The van der Waals surface area contributed by atoms with Crippen LogP contribution in [0.3, 0.4) is 0 Å². The number of hydrazine groups is 1. The van der Waals surface area contributed by atoms with Gasteiger partial charge in [-0.25, -0.2) is 5.84 Å². The van der Waals surface area contributed by atoms with E-state index in [9.17, 15) is 9.59 Å². The minimum Gasteiger partial charge on any atom is -0.479 e. The van der Waals surface area contributed by atoms with Crippen molar-refractivity contribution in [1.82, 2.24) is 5.43 Å². The van der Waals surface area contributed by atoms with Crippen LogP contribution in [0, 0.1) is 0 Å². The van der Waals surface area contributed by atoms with Crippen molar-refractivity contribution in [1.29, 1.82) is 0 Å². The minimum absolute atomic E-state index is 0.146. The fraction of sp³-hybridized carbons (Fsp3) is 0.385. The predicted molar refractivity (Wildman–Crippen MR) is 70.4 cm³/mol. The molecule has 0 bridgehead atoms. The Hall–Kier alpha value is -2.08. The number of carbonyl (C=O) groups excluding carboxylic acids is 2. The second kappa shape index (κ2) is 5.71. The number of carbonyl (C=O) groups is 2. The molecule has 1 aliphatic rings. The third kappa shape index (κ3) is 3.23. The van der Waals surface area contributed by atoms with E-state index in [4.69, 9.17) is 10.6 Å². The first-order valence-corrected chi connectivity index (χ1v) is 6.20. The lowest BCUT2D eigenvalue weighted by molar-refractivity contribution is -0.123. The number of nitrogens with one attached hydrogen (secondary N) is 2. The first-order valence-electron chi connectivity index (χ1n) is 6.20. The van der Waals surface area contributed by atoms with Gasteiger partial charge < -0.3 is 10.1 Å². The highest BCUT2D eigenvalue weighted by Crippen LogP contribution is 2.30. The Balaban J connectivity index is 1.99. The minimum atomic E-state index is -0.466. The van der Waals surface area contributed by atoms with Gasteiger partial charge in [-0.1, -0.05) is 6.07 Å². The monoisotopic (exact) mass is 263 g/mol. The molecule has 2 amide bonds. The summed E-state index contributed by atoms with van der Waals surface area (Å²) in [6, 6.07) is 5.65. The summed E-state index contributed by atoms with van der Waals surface area (Å²) in [6.45, 7) is 1.71. The van der Waals surface area contributed by atoms with Gasteiger partial charge in [-0.3, -0.25) is 15.0 Å². The van der Waals surface area contributed by atoms with Crippen LogP contribution in [0.5, 0.6) is 5.75 Å². The van der Waals surface area contributed by atoms with Gasteiger partial charge in [0.1, 0.15) is 5.75 Å². The van der Waals surface area contributed by atoms with Crippen LogP contribution in [-0.4, -0.2) is 17.9 Å². The molecule has 0 aliphatic carbocycles. The molecule has 2 rings (SSSR count). The van der Waals surface area contributed by atoms with Crippen LogP contribution < -0.4 is 21.3 Å². The van der Waals surface area contributed by atoms with Crippen LogP contribution in [0.1, 0.15) is 25.3 Å². The SMILES string of the molecule is CC1Oc2ccc(CCCC(=O)NN)cc2NC1=O. The van der Waals surface area contributed by atoms with E-state index in [0.29, 0.717) is 24.3 Å². The Morgan fingerprint density at radius 3 is 3.05 bits per heavy atom. The summed E-state index contributed by atoms with van der Waals surface area (Å²) in [5.41, 5.74) is 3.82. The van der Waals surface area contributed by atoms with Crippen molar-refractivity contribution in [3.05, 3.63) is 23.8 Å². The molecule has 1 aliphatic heterocycles. The number of nitrogens with two attached hydrogens (primary N) is 1. The molecular weight excluding hydrogens is 246 g/mol. The van der Waals surface area contributed by atoms with E-state index >= 15 is 0 Å². The lowest BCUT2D eigenvalue weighted by Gasteiger charge is -2.23. The standard InChI is InChI=1S/C13H17N3O3/c1-8-13(18)15-10-7-9(5-6-11(10)19-8)3-2-4-12(17)16-14/h5-8H,2-4,14H2,1H3,(H,15,18)(H,16,17). The Morgan fingerprint density at radius 2 is 2.32 bits per heavy atom. The zero-order chi connectivity index (χ0) is 13.8. The van der Waals surface area contributed by atoms with Crippen LogP contribution in [0.2, 0.25) is 0 Å². The maximum absolute atomic E-state index is 11.5. The zero-order valence-electron chi connectivity index (χ0n) is 10.7. The van der Waals surface area contributed by atoms with Gasteiger partial charge in [0.2, 0.25) is 5.91 Å². The summed E-state index contributed by atoms with van der Waals surface area (Å²) in [7, 11) is 0. The van der Waals surface area contributed by atoms with E-state index in [1.807, 2.05) is 18.2 Å².